The van der Waals surface area contributed by atoms with E-state index in [0.717, 1.165) is 32.4 Å². The van der Waals surface area contributed by atoms with Gasteiger partial charge in [-0.05, 0) is 19.3 Å². The molecule has 2 rings (SSSR count). The van der Waals surface area contributed by atoms with Crippen LogP contribution in [0, 0.1) is 5.92 Å². The normalized spacial score (nSPS) is 18.9. The summed E-state index contributed by atoms with van der Waals surface area (Å²) in [5, 5.41) is 10.5. The molecule has 1 aliphatic heterocycles. The van der Waals surface area contributed by atoms with Crippen molar-refractivity contribution in [2.75, 3.05) is 19.6 Å². The molecule has 1 aromatic rings. The molecule has 0 bridgehead atoms. The van der Waals surface area contributed by atoms with Gasteiger partial charge in [0.05, 0.1) is 12.1 Å². The van der Waals surface area contributed by atoms with Crippen LogP contribution in [0.15, 0.2) is 12.4 Å². The number of amides is 2. The van der Waals surface area contributed by atoms with Crippen LogP contribution in [0.1, 0.15) is 26.2 Å². The Bertz CT molecular complexity index is 446. The molecule has 0 saturated carbocycles. The Labute approximate surface area is 118 Å². The first-order chi connectivity index (χ1) is 9.66. The Morgan fingerprint density at radius 2 is 2.30 bits per heavy atom. The van der Waals surface area contributed by atoms with E-state index < -0.39 is 0 Å². The van der Waals surface area contributed by atoms with Crippen LogP contribution in [0.25, 0.3) is 0 Å². The van der Waals surface area contributed by atoms with Gasteiger partial charge < -0.3 is 10.2 Å². The van der Waals surface area contributed by atoms with Gasteiger partial charge in [-0.3, -0.25) is 14.3 Å². The van der Waals surface area contributed by atoms with Crippen LogP contribution in [0.2, 0.25) is 0 Å². The highest BCUT2D eigenvalue weighted by atomic mass is 16.2. The van der Waals surface area contributed by atoms with Gasteiger partial charge in [0, 0.05) is 39.3 Å². The van der Waals surface area contributed by atoms with Crippen molar-refractivity contribution in [3.05, 3.63) is 12.4 Å². The Balaban J connectivity index is 1.67. The molecule has 1 saturated heterocycles. The maximum Gasteiger partial charge on any atom is 0.224 e. The Hall–Kier alpha value is -1.92. The summed E-state index contributed by atoms with van der Waals surface area (Å²) in [4.78, 5) is 25.1. The smallest absolute Gasteiger partial charge is 0.224 e. The standard InChI is InChI=1S/C13H21N5O2/c1-11(19)17-7-2-4-12(10-17)13(20)14-5-3-8-18-9-6-15-16-18/h6,9,12H,2-5,7-8,10H2,1H3,(H,14,20)/t12-/m0/s1. The minimum atomic E-state index is -0.0704. The van der Waals surface area contributed by atoms with Gasteiger partial charge in [-0.25, -0.2) is 0 Å². The summed E-state index contributed by atoms with van der Waals surface area (Å²) in [6, 6.07) is 0. The average Bonchev–Trinajstić information content (AvgIpc) is 2.96. The lowest BCUT2D eigenvalue weighted by atomic mass is 9.97. The molecule has 0 spiro atoms. The van der Waals surface area contributed by atoms with E-state index in [1.54, 1.807) is 28.9 Å². The molecule has 0 radical (unpaired) electrons. The third-order valence-corrected chi connectivity index (χ3v) is 3.57. The van der Waals surface area contributed by atoms with Gasteiger partial charge in [0.1, 0.15) is 0 Å². The number of rotatable bonds is 5. The third kappa shape index (κ3) is 4.04. The molecular weight excluding hydrogens is 258 g/mol. The van der Waals surface area contributed by atoms with E-state index in [2.05, 4.69) is 15.6 Å². The molecule has 0 aromatic carbocycles. The zero-order valence-corrected chi connectivity index (χ0v) is 11.8. The second-order valence-electron chi connectivity index (χ2n) is 5.11. The second kappa shape index (κ2) is 7.02. The molecule has 1 aliphatic rings. The summed E-state index contributed by atoms with van der Waals surface area (Å²) < 4.78 is 1.74. The van der Waals surface area contributed by atoms with Gasteiger partial charge in [0.2, 0.25) is 11.8 Å². The number of hydrogen-bond acceptors (Lipinski definition) is 4. The van der Waals surface area contributed by atoms with E-state index >= 15 is 0 Å². The molecule has 1 atom stereocenters. The fourth-order valence-corrected chi connectivity index (χ4v) is 2.43. The second-order valence-corrected chi connectivity index (χ2v) is 5.11. The molecule has 7 heteroatoms. The van der Waals surface area contributed by atoms with Crippen molar-refractivity contribution >= 4 is 11.8 Å². The summed E-state index contributed by atoms with van der Waals surface area (Å²) >= 11 is 0. The first-order valence-corrected chi connectivity index (χ1v) is 7.04. The average molecular weight is 279 g/mol. The topological polar surface area (TPSA) is 80.1 Å². The number of nitrogens with zero attached hydrogens (tertiary/aromatic N) is 4. The largest absolute Gasteiger partial charge is 0.356 e. The number of likely N-dealkylation sites (tertiary alicyclic amines) is 1. The van der Waals surface area contributed by atoms with Crippen molar-refractivity contribution in [2.45, 2.75) is 32.7 Å². The lowest BCUT2D eigenvalue weighted by Crippen LogP contribution is -2.44. The predicted molar refractivity (Wildman–Crippen MR) is 72.6 cm³/mol. The fraction of sp³-hybridized carbons (Fsp3) is 0.692. The van der Waals surface area contributed by atoms with Crippen molar-refractivity contribution in [1.29, 1.82) is 0 Å². The first kappa shape index (κ1) is 14.5. The van der Waals surface area contributed by atoms with Crippen molar-refractivity contribution in [3.63, 3.8) is 0 Å². The summed E-state index contributed by atoms with van der Waals surface area (Å²) in [6.45, 7) is 4.23. The zero-order chi connectivity index (χ0) is 14.4. The van der Waals surface area contributed by atoms with Gasteiger partial charge in [-0.15, -0.1) is 5.10 Å². The molecule has 110 valence electrons. The molecular formula is C13H21N5O2. The lowest BCUT2D eigenvalue weighted by Gasteiger charge is -2.31. The molecule has 2 amide bonds. The van der Waals surface area contributed by atoms with Crippen LogP contribution < -0.4 is 5.32 Å². The molecule has 1 N–H and O–H groups in total. The molecule has 1 aromatic heterocycles. The number of hydrogen-bond donors (Lipinski definition) is 1. The van der Waals surface area contributed by atoms with Crippen LogP contribution in [-0.2, 0) is 16.1 Å². The summed E-state index contributed by atoms with van der Waals surface area (Å²) in [5.41, 5.74) is 0. The minimum Gasteiger partial charge on any atom is -0.356 e. The van der Waals surface area contributed by atoms with E-state index in [4.69, 9.17) is 0 Å². The molecule has 1 fully saturated rings. The van der Waals surface area contributed by atoms with Crippen molar-refractivity contribution < 1.29 is 9.59 Å². The van der Waals surface area contributed by atoms with Gasteiger partial charge >= 0.3 is 0 Å². The Kier molecular flexibility index (Phi) is 5.09. The van der Waals surface area contributed by atoms with Crippen LogP contribution in [0.5, 0.6) is 0 Å². The lowest BCUT2D eigenvalue weighted by molar-refractivity contribution is -0.133. The third-order valence-electron chi connectivity index (χ3n) is 3.57. The van der Waals surface area contributed by atoms with Gasteiger partial charge in [-0.2, -0.15) is 0 Å². The number of nitrogens with one attached hydrogen (secondary N) is 1. The fourth-order valence-electron chi connectivity index (χ4n) is 2.43. The summed E-state index contributed by atoms with van der Waals surface area (Å²) in [7, 11) is 0. The van der Waals surface area contributed by atoms with Crippen molar-refractivity contribution in [1.82, 2.24) is 25.2 Å². The molecule has 0 unspecified atom stereocenters. The van der Waals surface area contributed by atoms with E-state index in [0.29, 0.717) is 13.1 Å². The molecule has 0 aliphatic carbocycles. The van der Waals surface area contributed by atoms with E-state index in [-0.39, 0.29) is 17.7 Å². The number of aryl methyl sites for hydroxylation is 1. The minimum absolute atomic E-state index is 0.0497. The van der Waals surface area contributed by atoms with E-state index in [1.807, 2.05) is 0 Å². The van der Waals surface area contributed by atoms with Crippen LogP contribution in [0.3, 0.4) is 0 Å². The highest BCUT2D eigenvalue weighted by molar-refractivity contribution is 5.80. The number of carbonyl (C=O) groups is 2. The van der Waals surface area contributed by atoms with Crippen molar-refractivity contribution in [2.24, 2.45) is 5.92 Å². The van der Waals surface area contributed by atoms with Gasteiger partial charge in [0.15, 0.2) is 0 Å². The number of carbonyl (C=O) groups excluding carboxylic acids is 2. The van der Waals surface area contributed by atoms with Gasteiger partial charge in [0.25, 0.3) is 0 Å². The monoisotopic (exact) mass is 279 g/mol. The maximum absolute atomic E-state index is 12.0. The maximum atomic E-state index is 12.0. The van der Waals surface area contributed by atoms with E-state index in [9.17, 15) is 9.59 Å². The number of aromatic nitrogens is 3. The Morgan fingerprint density at radius 3 is 3.00 bits per heavy atom. The van der Waals surface area contributed by atoms with Gasteiger partial charge in [-0.1, -0.05) is 5.21 Å². The van der Waals surface area contributed by atoms with Crippen LogP contribution in [-0.4, -0.2) is 51.3 Å². The predicted octanol–water partition coefficient (Wildman–Crippen LogP) is 0.0429. The molecule has 20 heavy (non-hydrogen) atoms. The Morgan fingerprint density at radius 1 is 1.45 bits per heavy atom. The summed E-state index contributed by atoms with van der Waals surface area (Å²) in [5.74, 6) is 0.0299. The zero-order valence-electron chi connectivity index (χ0n) is 11.8. The molecule has 2 heterocycles. The first-order valence-electron chi connectivity index (χ1n) is 7.04. The SMILES string of the molecule is CC(=O)N1CCC[C@H](C(=O)NCCCn2ccnn2)C1. The van der Waals surface area contributed by atoms with Crippen LogP contribution >= 0.6 is 0 Å². The number of piperidine rings is 1. The molecule has 7 nitrogen and oxygen atoms in total. The summed E-state index contributed by atoms with van der Waals surface area (Å²) in [6.07, 6.45) is 6.01. The quantitative estimate of drug-likeness (QED) is 0.772. The van der Waals surface area contributed by atoms with E-state index in [1.165, 1.54) is 0 Å². The highest BCUT2D eigenvalue weighted by Gasteiger charge is 2.26. The highest BCUT2D eigenvalue weighted by Crippen LogP contribution is 2.16. The van der Waals surface area contributed by atoms with Crippen LogP contribution in [0.4, 0.5) is 0 Å². The van der Waals surface area contributed by atoms with Crippen molar-refractivity contribution in [3.8, 4) is 0 Å².